The molecule has 2 rings (SSSR count). The first kappa shape index (κ1) is 14.1. The first-order chi connectivity index (χ1) is 9.38. The highest BCUT2D eigenvalue weighted by Gasteiger charge is 2.31. The number of carbonyl (C=O) groups excluding carboxylic acids is 1. The second-order valence-electron chi connectivity index (χ2n) is 4.38. The van der Waals surface area contributed by atoms with Crippen molar-refractivity contribution in [2.45, 2.75) is 12.6 Å². The van der Waals surface area contributed by atoms with E-state index in [0.29, 0.717) is 5.56 Å². The van der Waals surface area contributed by atoms with Crippen molar-refractivity contribution in [1.29, 1.82) is 0 Å². The molecule has 0 aromatic heterocycles. The lowest BCUT2D eigenvalue weighted by atomic mass is 9.95. The van der Waals surface area contributed by atoms with Crippen LogP contribution in [0.1, 0.15) is 11.1 Å². The number of rotatable bonds is 3. The van der Waals surface area contributed by atoms with E-state index in [0.717, 1.165) is 17.7 Å². The summed E-state index contributed by atoms with van der Waals surface area (Å²) in [7, 11) is 0. The zero-order valence-electron chi connectivity index (χ0n) is 10.4. The first-order valence-corrected chi connectivity index (χ1v) is 5.92. The maximum Gasteiger partial charge on any atom is 0.416 e. The van der Waals surface area contributed by atoms with Crippen LogP contribution in [0.4, 0.5) is 13.2 Å². The number of benzene rings is 2. The lowest BCUT2D eigenvalue weighted by molar-refractivity contribution is -0.137. The highest BCUT2D eigenvalue weighted by Crippen LogP contribution is 2.33. The molecule has 2 nitrogen and oxygen atoms in total. The molecule has 5 heteroatoms. The summed E-state index contributed by atoms with van der Waals surface area (Å²) in [6.07, 6.45) is -4.67. The smallest absolute Gasteiger partial charge is 0.369 e. The number of hydrogen-bond donors (Lipinski definition) is 1. The van der Waals surface area contributed by atoms with Gasteiger partial charge < -0.3 is 5.73 Å². The van der Waals surface area contributed by atoms with Crippen molar-refractivity contribution in [3.8, 4) is 11.1 Å². The molecule has 20 heavy (non-hydrogen) atoms. The summed E-state index contributed by atoms with van der Waals surface area (Å²) in [5.74, 6) is -0.665. The summed E-state index contributed by atoms with van der Waals surface area (Å²) >= 11 is 0. The Hall–Kier alpha value is -2.30. The zero-order chi connectivity index (χ0) is 14.8. The molecule has 0 bridgehead atoms. The Kier molecular flexibility index (Phi) is 3.79. The third-order valence-electron chi connectivity index (χ3n) is 2.88. The van der Waals surface area contributed by atoms with Crippen LogP contribution in [0.3, 0.4) is 0 Å². The summed E-state index contributed by atoms with van der Waals surface area (Å²) in [4.78, 5) is 11.1. The third-order valence-corrected chi connectivity index (χ3v) is 2.88. The van der Waals surface area contributed by atoms with Crippen LogP contribution in [0.15, 0.2) is 48.5 Å². The van der Waals surface area contributed by atoms with Gasteiger partial charge in [0.05, 0.1) is 12.0 Å². The molecular weight excluding hydrogens is 267 g/mol. The normalized spacial score (nSPS) is 11.3. The summed E-state index contributed by atoms with van der Waals surface area (Å²) in [6, 6.07) is 12.3. The Morgan fingerprint density at radius 3 is 2.25 bits per heavy atom. The van der Waals surface area contributed by atoms with E-state index in [-0.39, 0.29) is 12.0 Å². The lowest BCUT2D eigenvalue weighted by Crippen LogP contribution is -2.15. The van der Waals surface area contributed by atoms with Crippen LogP contribution in [0.5, 0.6) is 0 Å². The topological polar surface area (TPSA) is 43.1 Å². The van der Waals surface area contributed by atoms with E-state index in [1.54, 1.807) is 30.3 Å². The zero-order valence-corrected chi connectivity index (χ0v) is 10.4. The van der Waals surface area contributed by atoms with Gasteiger partial charge in [-0.1, -0.05) is 36.4 Å². The number of amides is 1. The fourth-order valence-corrected chi connectivity index (χ4v) is 2.00. The highest BCUT2D eigenvalue weighted by molar-refractivity contribution is 5.80. The van der Waals surface area contributed by atoms with Gasteiger partial charge in [0, 0.05) is 0 Å². The minimum Gasteiger partial charge on any atom is -0.369 e. The van der Waals surface area contributed by atoms with Crippen LogP contribution in [0, 0.1) is 0 Å². The van der Waals surface area contributed by atoms with Gasteiger partial charge in [0.15, 0.2) is 0 Å². The Balaban J connectivity index is 2.54. The van der Waals surface area contributed by atoms with Gasteiger partial charge >= 0.3 is 6.18 Å². The van der Waals surface area contributed by atoms with Gasteiger partial charge in [-0.2, -0.15) is 13.2 Å². The van der Waals surface area contributed by atoms with E-state index in [9.17, 15) is 18.0 Å². The Labute approximate surface area is 114 Å². The molecule has 2 N–H and O–H groups in total. The van der Waals surface area contributed by atoms with E-state index in [1.165, 1.54) is 6.07 Å². The molecular formula is C15H12F3NO. The van der Waals surface area contributed by atoms with Crippen molar-refractivity contribution in [2.75, 3.05) is 0 Å². The number of carbonyl (C=O) groups is 1. The van der Waals surface area contributed by atoms with Gasteiger partial charge in [0.2, 0.25) is 5.91 Å². The van der Waals surface area contributed by atoms with E-state index in [2.05, 4.69) is 0 Å². The van der Waals surface area contributed by atoms with Crippen LogP contribution < -0.4 is 5.73 Å². The van der Waals surface area contributed by atoms with Crippen molar-refractivity contribution in [1.82, 2.24) is 0 Å². The van der Waals surface area contributed by atoms with Crippen molar-refractivity contribution >= 4 is 5.91 Å². The minimum atomic E-state index is -4.44. The molecule has 0 unspecified atom stereocenters. The molecule has 0 aliphatic heterocycles. The van der Waals surface area contributed by atoms with Gasteiger partial charge in [-0.3, -0.25) is 4.79 Å². The molecule has 1 amide bonds. The molecule has 0 aliphatic rings. The SMILES string of the molecule is NC(=O)Cc1cc(C(F)(F)F)ccc1-c1ccccc1. The van der Waals surface area contributed by atoms with Gasteiger partial charge in [0.1, 0.15) is 0 Å². The first-order valence-electron chi connectivity index (χ1n) is 5.92. The Morgan fingerprint density at radius 2 is 1.70 bits per heavy atom. The Morgan fingerprint density at radius 1 is 1.05 bits per heavy atom. The second-order valence-corrected chi connectivity index (χ2v) is 4.38. The van der Waals surface area contributed by atoms with Gasteiger partial charge in [-0.05, 0) is 28.8 Å². The lowest BCUT2D eigenvalue weighted by Gasteiger charge is -2.13. The van der Waals surface area contributed by atoms with Crippen LogP contribution >= 0.6 is 0 Å². The van der Waals surface area contributed by atoms with E-state index in [1.807, 2.05) is 0 Å². The molecule has 0 heterocycles. The predicted molar refractivity (Wildman–Crippen MR) is 69.8 cm³/mol. The summed E-state index contributed by atoms with van der Waals surface area (Å²) in [5, 5.41) is 0. The summed E-state index contributed by atoms with van der Waals surface area (Å²) in [6.45, 7) is 0. The number of hydrogen-bond acceptors (Lipinski definition) is 1. The molecule has 0 aliphatic carbocycles. The van der Waals surface area contributed by atoms with E-state index >= 15 is 0 Å². The van der Waals surface area contributed by atoms with Crippen LogP contribution in [-0.2, 0) is 17.4 Å². The largest absolute Gasteiger partial charge is 0.416 e. The van der Waals surface area contributed by atoms with Gasteiger partial charge in [-0.25, -0.2) is 0 Å². The minimum absolute atomic E-state index is 0.228. The van der Waals surface area contributed by atoms with Crippen molar-refractivity contribution in [3.05, 3.63) is 59.7 Å². The average molecular weight is 279 g/mol. The van der Waals surface area contributed by atoms with Crippen molar-refractivity contribution < 1.29 is 18.0 Å². The quantitative estimate of drug-likeness (QED) is 0.919. The standard InChI is InChI=1S/C15H12F3NO/c16-15(17,18)12-6-7-13(10-4-2-1-3-5-10)11(8-12)9-14(19)20/h1-8H,9H2,(H2,19,20). The number of nitrogens with two attached hydrogens (primary N) is 1. The van der Waals surface area contributed by atoms with Crippen LogP contribution in [-0.4, -0.2) is 5.91 Å². The van der Waals surface area contributed by atoms with Crippen LogP contribution in [0.25, 0.3) is 11.1 Å². The second kappa shape index (κ2) is 5.36. The predicted octanol–water partition coefficient (Wildman–Crippen LogP) is 3.40. The molecule has 2 aromatic rings. The summed E-state index contributed by atoms with van der Waals surface area (Å²) < 4.78 is 38.2. The van der Waals surface area contributed by atoms with Crippen LogP contribution in [0.2, 0.25) is 0 Å². The fraction of sp³-hybridized carbons (Fsp3) is 0.133. The van der Waals surface area contributed by atoms with E-state index < -0.39 is 17.6 Å². The molecule has 0 saturated heterocycles. The fourth-order valence-electron chi connectivity index (χ4n) is 2.00. The third kappa shape index (κ3) is 3.17. The van der Waals surface area contributed by atoms with Crippen molar-refractivity contribution in [3.63, 3.8) is 0 Å². The highest BCUT2D eigenvalue weighted by atomic mass is 19.4. The number of halogens is 3. The molecule has 0 radical (unpaired) electrons. The molecule has 2 aromatic carbocycles. The molecule has 0 spiro atoms. The molecule has 0 fully saturated rings. The number of alkyl halides is 3. The Bertz CT molecular complexity index is 621. The van der Waals surface area contributed by atoms with Gasteiger partial charge in [-0.15, -0.1) is 0 Å². The molecule has 0 atom stereocenters. The van der Waals surface area contributed by atoms with Crippen molar-refractivity contribution in [2.24, 2.45) is 5.73 Å². The number of primary amides is 1. The van der Waals surface area contributed by atoms with E-state index in [4.69, 9.17) is 5.73 Å². The maximum atomic E-state index is 12.7. The average Bonchev–Trinajstić information content (AvgIpc) is 2.38. The monoisotopic (exact) mass is 279 g/mol. The molecule has 104 valence electrons. The summed E-state index contributed by atoms with van der Waals surface area (Å²) in [5.41, 5.74) is 5.93. The van der Waals surface area contributed by atoms with Gasteiger partial charge in [0.25, 0.3) is 0 Å². The molecule has 0 saturated carbocycles. The maximum absolute atomic E-state index is 12.7.